The molecule has 1 aliphatic heterocycles. The SMILES string of the molecule is CN1C(=O)CC[C@]2(C)[C@H]3CC[C@]4(C)[C@@H](/C=C\c5ccncc5)CC[C@H]4[C@@H]3CC[C@@H]12. The maximum absolute atomic E-state index is 12.3. The molecule has 3 nitrogen and oxygen atoms in total. The topological polar surface area (TPSA) is 33.2 Å². The zero-order valence-corrected chi connectivity index (χ0v) is 18.3. The molecular weight excluding hydrogens is 356 g/mol. The van der Waals surface area contributed by atoms with E-state index in [-0.39, 0.29) is 0 Å². The molecule has 0 bridgehead atoms. The fraction of sp³-hybridized carbons (Fsp3) is 0.692. The summed E-state index contributed by atoms with van der Waals surface area (Å²) in [6.45, 7) is 5.11. The quantitative estimate of drug-likeness (QED) is 0.659. The zero-order valence-electron chi connectivity index (χ0n) is 18.3. The number of carbonyl (C=O) groups excluding carboxylic acids is 1. The molecule has 0 radical (unpaired) electrons. The number of allylic oxidation sites excluding steroid dienone is 1. The van der Waals surface area contributed by atoms with Crippen molar-refractivity contribution in [2.45, 2.75) is 71.3 Å². The Labute approximate surface area is 176 Å². The van der Waals surface area contributed by atoms with Gasteiger partial charge in [-0.05, 0) is 97.1 Å². The van der Waals surface area contributed by atoms with Crippen molar-refractivity contribution in [3.63, 3.8) is 0 Å². The van der Waals surface area contributed by atoms with E-state index in [0.29, 0.717) is 28.7 Å². The summed E-state index contributed by atoms with van der Waals surface area (Å²) in [5.41, 5.74) is 2.05. The first-order valence-electron chi connectivity index (χ1n) is 11.8. The van der Waals surface area contributed by atoms with Crippen molar-refractivity contribution >= 4 is 12.0 Å². The molecule has 7 atom stereocenters. The molecule has 3 heteroatoms. The highest BCUT2D eigenvalue weighted by atomic mass is 16.2. The first kappa shape index (κ1) is 19.3. The largest absolute Gasteiger partial charge is 0.342 e. The van der Waals surface area contributed by atoms with Gasteiger partial charge in [0.05, 0.1) is 0 Å². The van der Waals surface area contributed by atoms with Gasteiger partial charge in [-0.1, -0.05) is 26.0 Å². The second kappa shape index (κ2) is 6.96. The van der Waals surface area contributed by atoms with Crippen molar-refractivity contribution in [3.8, 4) is 0 Å². The summed E-state index contributed by atoms with van der Waals surface area (Å²) < 4.78 is 0. The molecule has 156 valence electrons. The number of hydrogen-bond acceptors (Lipinski definition) is 2. The molecule has 4 fully saturated rings. The smallest absolute Gasteiger partial charge is 0.222 e. The highest BCUT2D eigenvalue weighted by Crippen LogP contribution is 2.66. The molecule has 3 aliphatic carbocycles. The third-order valence-corrected chi connectivity index (χ3v) is 9.86. The lowest BCUT2D eigenvalue weighted by atomic mass is 9.47. The van der Waals surface area contributed by atoms with Gasteiger partial charge in [0.2, 0.25) is 5.91 Å². The van der Waals surface area contributed by atoms with Crippen molar-refractivity contribution < 1.29 is 4.79 Å². The molecule has 4 aliphatic rings. The summed E-state index contributed by atoms with van der Waals surface area (Å²) in [5.74, 6) is 3.58. The molecule has 0 unspecified atom stereocenters. The van der Waals surface area contributed by atoms with E-state index in [2.05, 4.69) is 55.1 Å². The Morgan fingerprint density at radius 1 is 1.00 bits per heavy atom. The van der Waals surface area contributed by atoms with E-state index >= 15 is 0 Å². The summed E-state index contributed by atoms with van der Waals surface area (Å²) in [6.07, 6.45) is 18.4. The van der Waals surface area contributed by atoms with Crippen LogP contribution in [0.25, 0.3) is 6.08 Å². The van der Waals surface area contributed by atoms with Gasteiger partial charge in [-0.2, -0.15) is 0 Å². The summed E-state index contributed by atoms with van der Waals surface area (Å²) in [4.78, 5) is 18.6. The molecule has 0 aromatic carbocycles. The molecule has 5 rings (SSSR count). The van der Waals surface area contributed by atoms with Crippen LogP contribution in [0, 0.1) is 34.5 Å². The van der Waals surface area contributed by atoms with Gasteiger partial charge < -0.3 is 4.90 Å². The van der Waals surface area contributed by atoms with Gasteiger partial charge in [-0.25, -0.2) is 0 Å². The molecule has 0 N–H and O–H groups in total. The number of likely N-dealkylation sites (tertiary alicyclic amines) is 1. The maximum atomic E-state index is 12.3. The number of aromatic nitrogens is 1. The van der Waals surface area contributed by atoms with Crippen LogP contribution < -0.4 is 0 Å². The lowest BCUT2D eigenvalue weighted by Crippen LogP contribution is -2.61. The van der Waals surface area contributed by atoms with E-state index in [1.165, 1.54) is 44.1 Å². The van der Waals surface area contributed by atoms with Crippen LogP contribution in [-0.2, 0) is 4.79 Å². The second-order valence-electron chi connectivity index (χ2n) is 10.8. The number of piperidine rings is 1. The molecule has 29 heavy (non-hydrogen) atoms. The number of amides is 1. The number of fused-ring (bicyclic) bond motifs is 5. The van der Waals surface area contributed by atoms with Crippen molar-refractivity contribution in [1.82, 2.24) is 9.88 Å². The number of pyridine rings is 1. The van der Waals surface area contributed by atoms with Crippen LogP contribution in [0.4, 0.5) is 0 Å². The van der Waals surface area contributed by atoms with Gasteiger partial charge in [-0.3, -0.25) is 9.78 Å². The first-order valence-corrected chi connectivity index (χ1v) is 11.8. The number of nitrogens with zero attached hydrogens (tertiary/aromatic N) is 2. The Balaban J connectivity index is 1.38. The van der Waals surface area contributed by atoms with Gasteiger partial charge in [0.1, 0.15) is 0 Å². The van der Waals surface area contributed by atoms with Crippen LogP contribution in [-0.4, -0.2) is 28.9 Å². The lowest BCUT2D eigenvalue weighted by Gasteiger charge is -2.61. The predicted molar refractivity (Wildman–Crippen MR) is 117 cm³/mol. The van der Waals surface area contributed by atoms with Crippen LogP contribution in [0.5, 0.6) is 0 Å². The molecule has 0 spiro atoms. The summed E-state index contributed by atoms with van der Waals surface area (Å²) >= 11 is 0. The fourth-order valence-electron chi connectivity index (χ4n) is 8.21. The molecule has 1 saturated heterocycles. The van der Waals surface area contributed by atoms with E-state index in [4.69, 9.17) is 0 Å². The maximum Gasteiger partial charge on any atom is 0.222 e. The van der Waals surface area contributed by atoms with Crippen LogP contribution in [0.2, 0.25) is 0 Å². The molecular formula is C26H36N2O. The van der Waals surface area contributed by atoms with Crippen molar-refractivity contribution in [2.75, 3.05) is 7.05 Å². The number of rotatable bonds is 2. The third-order valence-electron chi connectivity index (χ3n) is 9.86. The van der Waals surface area contributed by atoms with Gasteiger partial charge in [0.15, 0.2) is 0 Å². The van der Waals surface area contributed by atoms with Crippen molar-refractivity contribution in [1.29, 1.82) is 0 Å². The lowest BCUT2D eigenvalue weighted by molar-refractivity contribution is -0.157. The van der Waals surface area contributed by atoms with E-state index < -0.39 is 0 Å². The number of hydrogen-bond donors (Lipinski definition) is 0. The minimum atomic E-state index is 0.331. The molecule has 1 aromatic heterocycles. The van der Waals surface area contributed by atoms with Crippen LogP contribution in [0.3, 0.4) is 0 Å². The molecule has 2 heterocycles. The van der Waals surface area contributed by atoms with E-state index in [9.17, 15) is 4.79 Å². The van der Waals surface area contributed by atoms with E-state index in [1.54, 1.807) is 0 Å². The highest BCUT2D eigenvalue weighted by Gasteiger charge is 2.60. The minimum absolute atomic E-state index is 0.331. The van der Waals surface area contributed by atoms with Crippen molar-refractivity contribution in [2.24, 2.45) is 34.5 Å². The third kappa shape index (κ3) is 2.91. The normalized spacial score (nSPS) is 44.4. The van der Waals surface area contributed by atoms with Gasteiger partial charge in [0.25, 0.3) is 0 Å². The van der Waals surface area contributed by atoms with E-state index in [0.717, 1.165) is 30.6 Å². The number of carbonyl (C=O) groups is 1. The second-order valence-corrected chi connectivity index (χ2v) is 10.8. The van der Waals surface area contributed by atoms with Gasteiger partial charge in [-0.15, -0.1) is 0 Å². The first-order chi connectivity index (χ1) is 13.9. The minimum Gasteiger partial charge on any atom is -0.342 e. The van der Waals surface area contributed by atoms with Crippen molar-refractivity contribution in [3.05, 3.63) is 36.2 Å². The Kier molecular flexibility index (Phi) is 4.64. The Hall–Kier alpha value is -1.64. The molecule has 3 saturated carbocycles. The fourth-order valence-corrected chi connectivity index (χ4v) is 8.21. The zero-order chi connectivity index (χ0) is 20.2. The highest BCUT2D eigenvalue weighted by molar-refractivity contribution is 5.77. The Bertz CT molecular complexity index is 804. The standard InChI is InChI=1S/C26H36N2O/c1-25-14-10-22-20(7-9-23-26(22,2)15-11-24(29)28(23)3)21(25)8-6-19(25)5-4-18-12-16-27-17-13-18/h4-5,12-13,16-17,19-23H,6-11,14-15H2,1-3H3/b5-4-/t19-,20-,21-,22-,23+,25+,26+/m0/s1. The van der Waals surface area contributed by atoms with Gasteiger partial charge >= 0.3 is 0 Å². The summed E-state index contributed by atoms with van der Waals surface area (Å²) in [6, 6.07) is 4.68. The predicted octanol–water partition coefficient (Wildman–Crippen LogP) is 5.57. The Morgan fingerprint density at radius 3 is 2.55 bits per heavy atom. The summed E-state index contributed by atoms with van der Waals surface area (Å²) in [5, 5.41) is 0. The molecule has 1 aromatic rings. The molecule has 1 amide bonds. The summed E-state index contributed by atoms with van der Waals surface area (Å²) in [7, 11) is 2.06. The van der Waals surface area contributed by atoms with Crippen LogP contribution >= 0.6 is 0 Å². The average Bonchev–Trinajstić information content (AvgIpc) is 3.07. The van der Waals surface area contributed by atoms with Crippen LogP contribution in [0.15, 0.2) is 30.6 Å². The van der Waals surface area contributed by atoms with Gasteiger partial charge in [0, 0.05) is 31.9 Å². The Morgan fingerprint density at radius 2 is 1.76 bits per heavy atom. The van der Waals surface area contributed by atoms with Crippen LogP contribution in [0.1, 0.15) is 70.8 Å². The average molecular weight is 393 g/mol. The monoisotopic (exact) mass is 392 g/mol. The van der Waals surface area contributed by atoms with E-state index in [1.807, 2.05) is 12.4 Å².